The van der Waals surface area contributed by atoms with Crippen molar-refractivity contribution in [1.29, 1.82) is 0 Å². The highest BCUT2D eigenvalue weighted by Gasteiger charge is 2.29. The first-order chi connectivity index (χ1) is 19.2. The second-order valence-electron chi connectivity index (χ2n) is 11.9. The standard InChI is InChI=1S/C33H42N4O4/c1-23-20-24(21-35-22-27(25-14-10-8-11-15-25)26-16-12-9-13-17-26)18-19-28(23)37(31(39)41-33(5,6)7)29(34)36-30(38)40-32(2,3)4/h8-20,27,35H,21-22H2,1-7H3,(H2,34,36,38). The van der Waals surface area contributed by atoms with Gasteiger partial charge in [-0.1, -0.05) is 72.8 Å². The molecule has 0 spiro atoms. The van der Waals surface area contributed by atoms with Crippen molar-refractivity contribution >= 4 is 23.8 Å². The van der Waals surface area contributed by atoms with E-state index in [9.17, 15) is 9.59 Å². The minimum absolute atomic E-state index is 0.198. The number of hydrogen-bond donors (Lipinski definition) is 2. The summed E-state index contributed by atoms with van der Waals surface area (Å²) in [5, 5.41) is 3.58. The molecule has 3 aromatic carbocycles. The lowest BCUT2D eigenvalue weighted by Crippen LogP contribution is -2.46. The van der Waals surface area contributed by atoms with E-state index in [1.54, 1.807) is 47.6 Å². The van der Waals surface area contributed by atoms with Crippen LogP contribution in [0, 0.1) is 6.92 Å². The van der Waals surface area contributed by atoms with Crippen molar-refractivity contribution in [3.8, 4) is 0 Å². The normalized spacial score (nSPS) is 12.2. The van der Waals surface area contributed by atoms with Gasteiger partial charge in [0.15, 0.2) is 0 Å². The molecule has 0 heterocycles. The number of rotatable bonds is 7. The fourth-order valence-corrected chi connectivity index (χ4v) is 4.29. The topological polar surface area (TPSA) is 106 Å². The molecule has 0 atom stereocenters. The SMILES string of the molecule is Cc1cc(CNCC(c2ccccc2)c2ccccc2)ccc1N(C(=O)OC(C)(C)C)C(N)=NC(=O)OC(C)(C)C. The van der Waals surface area contributed by atoms with E-state index in [0.29, 0.717) is 12.2 Å². The van der Waals surface area contributed by atoms with E-state index >= 15 is 0 Å². The average Bonchev–Trinajstić information content (AvgIpc) is 2.87. The molecule has 218 valence electrons. The maximum absolute atomic E-state index is 13.2. The summed E-state index contributed by atoms with van der Waals surface area (Å²) < 4.78 is 10.8. The van der Waals surface area contributed by atoms with Gasteiger partial charge in [0.25, 0.3) is 0 Å². The number of ether oxygens (including phenoxy) is 2. The minimum Gasteiger partial charge on any atom is -0.443 e. The lowest BCUT2D eigenvalue weighted by molar-refractivity contribution is 0.0600. The van der Waals surface area contributed by atoms with Crippen LogP contribution in [0.4, 0.5) is 15.3 Å². The molecule has 0 saturated carbocycles. The van der Waals surface area contributed by atoms with Gasteiger partial charge in [0.1, 0.15) is 11.2 Å². The van der Waals surface area contributed by atoms with Crippen LogP contribution < -0.4 is 16.0 Å². The molecule has 41 heavy (non-hydrogen) atoms. The van der Waals surface area contributed by atoms with E-state index < -0.39 is 23.4 Å². The molecule has 0 fully saturated rings. The van der Waals surface area contributed by atoms with Gasteiger partial charge in [-0.15, -0.1) is 4.99 Å². The zero-order chi connectivity index (χ0) is 30.2. The zero-order valence-corrected chi connectivity index (χ0v) is 25.1. The molecule has 0 aromatic heterocycles. The Bertz CT molecular complexity index is 1300. The number of aliphatic imine (C=N–C) groups is 1. The molecule has 3 aromatic rings. The highest BCUT2D eigenvalue weighted by atomic mass is 16.6. The Balaban J connectivity index is 1.81. The number of aryl methyl sites for hydroxylation is 1. The number of guanidine groups is 1. The summed E-state index contributed by atoms with van der Waals surface area (Å²) in [6.45, 7) is 13.7. The average molecular weight is 559 g/mol. The van der Waals surface area contributed by atoms with Crippen LogP contribution in [-0.4, -0.2) is 35.9 Å². The first kappa shape index (κ1) is 31.4. The molecular formula is C33H42N4O4. The molecule has 0 bridgehead atoms. The molecule has 8 heteroatoms. The van der Waals surface area contributed by atoms with E-state index in [4.69, 9.17) is 15.2 Å². The first-order valence-corrected chi connectivity index (χ1v) is 13.7. The zero-order valence-electron chi connectivity index (χ0n) is 25.1. The molecule has 0 unspecified atom stereocenters. The van der Waals surface area contributed by atoms with Gasteiger partial charge in [-0.2, -0.15) is 0 Å². The second-order valence-corrected chi connectivity index (χ2v) is 11.9. The number of benzene rings is 3. The van der Waals surface area contributed by atoms with E-state index in [1.165, 1.54) is 11.1 Å². The number of carbonyl (C=O) groups is 2. The summed E-state index contributed by atoms with van der Waals surface area (Å²) in [5.74, 6) is -0.139. The number of anilines is 1. The Kier molecular flexibility index (Phi) is 10.3. The number of nitrogens with one attached hydrogen (secondary N) is 1. The molecule has 3 N–H and O–H groups in total. The Labute approximate surface area is 243 Å². The van der Waals surface area contributed by atoms with Gasteiger partial charge in [0.05, 0.1) is 5.69 Å². The number of nitrogens with zero attached hydrogens (tertiary/aromatic N) is 2. The smallest absolute Gasteiger partial charge is 0.437 e. The van der Waals surface area contributed by atoms with Crippen LogP contribution >= 0.6 is 0 Å². The number of hydrogen-bond acceptors (Lipinski definition) is 5. The fourth-order valence-electron chi connectivity index (χ4n) is 4.29. The van der Waals surface area contributed by atoms with Gasteiger partial charge in [-0.25, -0.2) is 14.5 Å². The van der Waals surface area contributed by atoms with Crippen LogP contribution in [0.1, 0.15) is 69.7 Å². The Morgan fingerprint density at radius 2 is 1.39 bits per heavy atom. The lowest BCUT2D eigenvalue weighted by atomic mass is 9.91. The van der Waals surface area contributed by atoms with Crippen molar-refractivity contribution < 1.29 is 19.1 Å². The third-order valence-corrected chi connectivity index (χ3v) is 5.99. The molecular weight excluding hydrogens is 516 g/mol. The largest absolute Gasteiger partial charge is 0.443 e. The molecule has 0 saturated heterocycles. The van der Waals surface area contributed by atoms with Gasteiger partial charge in [-0.05, 0) is 76.8 Å². The molecule has 3 rings (SSSR count). The minimum atomic E-state index is -0.895. The summed E-state index contributed by atoms with van der Waals surface area (Å²) in [6.07, 6.45) is -1.64. The van der Waals surface area contributed by atoms with Gasteiger partial charge in [0.2, 0.25) is 5.96 Å². The van der Waals surface area contributed by atoms with Gasteiger partial charge in [0, 0.05) is 19.0 Å². The second kappa shape index (κ2) is 13.5. The Morgan fingerprint density at radius 3 is 1.88 bits per heavy atom. The van der Waals surface area contributed by atoms with Crippen molar-refractivity contribution in [3.05, 3.63) is 101 Å². The molecule has 0 aliphatic rings. The maximum Gasteiger partial charge on any atom is 0.437 e. The summed E-state index contributed by atoms with van der Waals surface area (Å²) in [5.41, 5.74) is 9.37. The maximum atomic E-state index is 13.2. The molecule has 8 nitrogen and oxygen atoms in total. The fraction of sp³-hybridized carbons (Fsp3) is 0.364. The molecule has 2 amide bonds. The molecule has 0 aliphatic heterocycles. The van der Waals surface area contributed by atoms with Crippen molar-refractivity contribution in [3.63, 3.8) is 0 Å². The van der Waals surface area contributed by atoms with E-state index in [1.807, 2.05) is 31.2 Å². The van der Waals surface area contributed by atoms with Crippen LogP contribution in [0.25, 0.3) is 0 Å². The predicted molar refractivity (Wildman–Crippen MR) is 164 cm³/mol. The van der Waals surface area contributed by atoms with Crippen LogP contribution in [0.3, 0.4) is 0 Å². The monoisotopic (exact) mass is 558 g/mol. The Morgan fingerprint density at radius 1 is 0.854 bits per heavy atom. The van der Waals surface area contributed by atoms with E-state index in [2.05, 4.69) is 58.8 Å². The number of carbonyl (C=O) groups excluding carboxylic acids is 2. The first-order valence-electron chi connectivity index (χ1n) is 13.7. The van der Waals surface area contributed by atoms with Crippen LogP contribution in [0.15, 0.2) is 83.9 Å². The summed E-state index contributed by atoms with van der Waals surface area (Å²) in [6, 6.07) is 26.5. The van der Waals surface area contributed by atoms with Gasteiger partial charge >= 0.3 is 12.2 Å². The van der Waals surface area contributed by atoms with Crippen molar-refractivity contribution in [1.82, 2.24) is 5.32 Å². The highest BCUT2D eigenvalue weighted by molar-refractivity contribution is 6.15. The quantitative estimate of drug-likeness (QED) is 0.241. The van der Waals surface area contributed by atoms with Crippen LogP contribution in [-0.2, 0) is 16.0 Å². The van der Waals surface area contributed by atoms with Crippen molar-refractivity contribution in [2.24, 2.45) is 10.7 Å². The summed E-state index contributed by atoms with van der Waals surface area (Å²) >= 11 is 0. The number of nitrogens with two attached hydrogens (primary N) is 1. The number of amides is 2. The summed E-state index contributed by atoms with van der Waals surface area (Å²) in [4.78, 5) is 30.5. The van der Waals surface area contributed by atoms with Crippen molar-refractivity contribution in [2.75, 3.05) is 11.4 Å². The molecule has 0 radical (unpaired) electrons. The van der Waals surface area contributed by atoms with Gasteiger partial charge in [-0.3, -0.25) is 0 Å². The van der Waals surface area contributed by atoms with Gasteiger partial charge < -0.3 is 20.5 Å². The third-order valence-electron chi connectivity index (χ3n) is 5.99. The Hall–Kier alpha value is -4.17. The van der Waals surface area contributed by atoms with E-state index in [-0.39, 0.29) is 11.9 Å². The summed E-state index contributed by atoms with van der Waals surface area (Å²) in [7, 11) is 0. The van der Waals surface area contributed by atoms with E-state index in [0.717, 1.165) is 22.6 Å². The van der Waals surface area contributed by atoms with Crippen molar-refractivity contribution in [2.45, 2.75) is 72.1 Å². The predicted octanol–water partition coefficient (Wildman–Crippen LogP) is 6.91. The lowest BCUT2D eigenvalue weighted by Gasteiger charge is -2.28. The molecule has 0 aliphatic carbocycles. The van der Waals surface area contributed by atoms with Crippen LogP contribution in [0.2, 0.25) is 0 Å². The van der Waals surface area contributed by atoms with Crippen LogP contribution in [0.5, 0.6) is 0 Å². The highest BCUT2D eigenvalue weighted by Crippen LogP contribution is 2.26. The third kappa shape index (κ3) is 9.76.